The predicted molar refractivity (Wildman–Crippen MR) is 274 cm³/mol. The van der Waals surface area contributed by atoms with Crippen LogP contribution in [0.5, 0.6) is 0 Å². The molecule has 1 spiro atoms. The van der Waals surface area contributed by atoms with Crippen LogP contribution in [0.4, 0.5) is 0 Å². The molecule has 1 atom stereocenters. The lowest BCUT2D eigenvalue weighted by molar-refractivity contribution is -0.944. The maximum atomic E-state index is 7.21. The number of rotatable bonds is 6. The van der Waals surface area contributed by atoms with Crippen molar-refractivity contribution in [3.8, 4) is 50.6 Å². The van der Waals surface area contributed by atoms with Crippen molar-refractivity contribution in [1.82, 2.24) is 4.57 Å². The molecule has 0 fully saturated rings. The zero-order valence-electron chi connectivity index (χ0n) is 38.4. The Labute approximate surface area is 386 Å². The predicted octanol–water partition coefficient (Wildman–Crippen LogP) is 13.9. The number of pyridine rings is 1. The molecule has 318 valence electrons. The molecule has 8 aromatic carbocycles. The lowest BCUT2D eigenvalue weighted by Crippen LogP contribution is -2.72. The number of hydrogen-bond donors (Lipinski definition) is 0. The lowest BCUT2D eigenvalue weighted by Gasteiger charge is -2.24. The minimum absolute atomic E-state index is 0.533. The first kappa shape index (κ1) is 39.1. The highest BCUT2D eigenvalue weighted by molar-refractivity contribution is 6.89. The fraction of sp³-hybridized carbons (Fsp3) is 0.148. The Morgan fingerprint density at radius 3 is 2.14 bits per heavy atom. The zero-order chi connectivity index (χ0) is 44.6. The highest BCUT2D eigenvalue weighted by atomic mass is 28.3. The van der Waals surface area contributed by atoms with Crippen LogP contribution in [0.2, 0.25) is 19.6 Å². The summed E-state index contributed by atoms with van der Waals surface area (Å²) in [5, 5.41) is 6.17. The first-order chi connectivity index (χ1) is 32.1. The number of fused-ring (bicyclic) bond motifs is 16. The Hall–Kier alpha value is -7.34. The first-order valence-corrected chi connectivity index (χ1v) is 27.0. The van der Waals surface area contributed by atoms with E-state index in [0.717, 1.165) is 45.3 Å². The number of benzene rings is 8. The molecule has 2 aliphatic rings. The van der Waals surface area contributed by atoms with Gasteiger partial charge < -0.3 is 4.42 Å². The fourth-order valence-electron chi connectivity index (χ4n) is 11.7. The van der Waals surface area contributed by atoms with Crippen molar-refractivity contribution in [3.05, 3.63) is 204 Å². The van der Waals surface area contributed by atoms with Gasteiger partial charge in [0.15, 0.2) is 17.2 Å². The van der Waals surface area contributed by atoms with E-state index in [0.29, 0.717) is 5.92 Å². The molecule has 0 N–H and O–H groups in total. The molecular weight excluding hydrogens is 819 g/mol. The lowest BCUT2D eigenvalue weighted by atomic mass is 9.88. The molecule has 13 rings (SSSR count). The average Bonchev–Trinajstić information content (AvgIpc) is 4.03. The van der Waals surface area contributed by atoms with Gasteiger partial charge in [-0.15, -0.1) is 9.13 Å². The van der Waals surface area contributed by atoms with Gasteiger partial charge in [0, 0.05) is 38.5 Å². The van der Waals surface area contributed by atoms with E-state index < -0.39 is 13.7 Å². The number of nitrogens with zero attached hydrogens (tertiary/aromatic N) is 3. The number of aromatic nitrogens is 3. The van der Waals surface area contributed by atoms with Crippen LogP contribution in [0.1, 0.15) is 36.1 Å². The number of furan rings is 1. The summed E-state index contributed by atoms with van der Waals surface area (Å²) < 4.78 is 15.2. The quantitative estimate of drug-likeness (QED) is 0.121. The van der Waals surface area contributed by atoms with Crippen LogP contribution >= 0.6 is 0 Å². The summed E-state index contributed by atoms with van der Waals surface area (Å²) in [6.07, 6.45) is 3.63. The van der Waals surface area contributed by atoms with Crippen molar-refractivity contribution in [1.29, 1.82) is 0 Å². The Morgan fingerprint density at radius 2 is 1.32 bits per heavy atom. The maximum absolute atomic E-state index is 7.21. The van der Waals surface area contributed by atoms with Gasteiger partial charge in [0.25, 0.3) is 0 Å². The third kappa shape index (κ3) is 5.38. The number of para-hydroxylation sites is 3. The van der Waals surface area contributed by atoms with Crippen molar-refractivity contribution in [2.45, 2.75) is 52.5 Å². The molecule has 5 heteroatoms. The van der Waals surface area contributed by atoms with Crippen LogP contribution in [-0.4, -0.2) is 12.6 Å². The highest BCUT2D eigenvalue weighted by Gasteiger charge is 2.66. The van der Waals surface area contributed by atoms with Gasteiger partial charge >= 0.3 is 11.5 Å². The van der Waals surface area contributed by atoms with Gasteiger partial charge in [0.2, 0.25) is 5.69 Å². The molecule has 0 saturated heterocycles. The summed E-state index contributed by atoms with van der Waals surface area (Å²) >= 11 is 0. The van der Waals surface area contributed by atoms with Crippen LogP contribution < -0.4 is 14.3 Å². The van der Waals surface area contributed by atoms with Crippen molar-refractivity contribution < 1.29 is 13.6 Å². The van der Waals surface area contributed by atoms with Crippen LogP contribution in [0, 0.1) is 12.8 Å². The molecule has 0 radical (unpaired) electrons. The third-order valence-corrected chi connectivity index (χ3v) is 16.5. The van der Waals surface area contributed by atoms with Gasteiger partial charge in [-0.2, -0.15) is 4.57 Å². The van der Waals surface area contributed by atoms with E-state index in [1.807, 2.05) is 0 Å². The monoisotopic (exact) mass is 869 g/mol. The van der Waals surface area contributed by atoms with E-state index in [-0.39, 0.29) is 0 Å². The van der Waals surface area contributed by atoms with Gasteiger partial charge in [0.05, 0.1) is 30.3 Å². The largest absolute Gasteiger partial charge is 0.455 e. The SMILES string of the molecule is Cc1ccc(-c2cccc3c2oc2cc4c(cc23)-c2n(-c3c(-c5ccccc5)ccc5ccccc35)c3ccccc3[n+]2C42c3ccccc3-c3cc(CC(C)C)c([Si](C)(C)C)c[n+]32)cc1. The summed E-state index contributed by atoms with van der Waals surface area (Å²) in [7, 11) is -1.88. The number of hydrogen-bond acceptors (Lipinski definition) is 1. The summed E-state index contributed by atoms with van der Waals surface area (Å²) in [5.41, 5.74) is 18.1. The van der Waals surface area contributed by atoms with Gasteiger partial charge in [0.1, 0.15) is 16.9 Å². The van der Waals surface area contributed by atoms with Crippen LogP contribution in [0.3, 0.4) is 0 Å². The maximum Gasteiger partial charge on any atom is 0.364 e. The minimum Gasteiger partial charge on any atom is -0.455 e. The van der Waals surface area contributed by atoms with Gasteiger partial charge in [-0.05, 0) is 83.8 Å². The summed E-state index contributed by atoms with van der Waals surface area (Å²) in [6.45, 7) is 14.4. The molecule has 3 aromatic heterocycles. The zero-order valence-corrected chi connectivity index (χ0v) is 39.4. The second kappa shape index (κ2) is 14.1. The molecule has 11 aromatic rings. The topological polar surface area (TPSA) is 25.8 Å². The molecule has 66 heavy (non-hydrogen) atoms. The molecule has 2 aliphatic heterocycles. The van der Waals surface area contributed by atoms with Gasteiger partial charge in [-0.1, -0.05) is 166 Å². The minimum atomic E-state index is -1.88. The van der Waals surface area contributed by atoms with E-state index in [9.17, 15) is 0 Å². The van der Waals surface area contributed by atoms with Gasteiger partial charge in [-0.3, -0.25) is 0 Å². The molecule has 0 saturated carbocycles. The number of imidazole rings is 1. The molecule has 0 amide bonds. The molecular formula is C61H51N3OSi+2. The Bertz CT molecular complexity index is 3810. The normalized spacial score (nSPS) is 15.1. The molecule has 5 heterocycles. The Balaban J connectivity index is 1.24. The fourth-order valence-corrected chi connectivity index (χ4v) is 13.4. The molecule has 0 aliphatic carbocycles. The first-order valence-electron chi connectivity index (χ1n) is 23.5. The third-order valence-electron chi connectivity index (χ3n) is 14.5. The molecule has 4 nitrogen and oxygen atoms in total. The van der Waals surface area contributed by atoms with Crippen molar-refractivity contribution in [2.75, 3.05) is 0 Å². The average molecular weight is 870 g/mol. The summed E-state index contributed by atoms with van der Waals surface area (Å²) in [5.74, 6) is 1.69. The smallest absolute Gasteiger partial charge is 0.364 e. The van der Waals surface area contributed by atoms with Crippen LogP contribution in [0.25, 0.3) is 94.3 Å². The van der Waals surface area contributed by atoms with Crippen molar-refractivity contribution >= 4 is 57.0 Å². The Kier molecular flexibility index (Phi) is 8.33. The standard InChI is InChI=1S/C61H51N3OSi/c1-38(2)33-43-34-55-48-21-12-13-24-51(48)61(62(55)37-57(43)66(4,5)6)52-36-56-49(47-23-16-22-46(59(47)65-56)42-29-27-39(3)28-30-42)35-50(52)60-63(53-25-14-15-26-54(53)64(60)61)58-44-20-11-10-19-41(44)31-32-45(58)40-17-8-7-9-18-40/h7-32,34-38H,33H2,1-6H3/q+2. The van der Waals surface area contributed by atoms with E-state index in [2.05, 4.69) is 236 Å². The van der Waals surface area contributed by atoms with Crippen LogP contribution in [-0.2, 0) is 12.1 Å². The van der Waals surface area contributed by atoms with Gasteiger partial charge in [-0.25, -0.2) is 0 Å². The highest BCUT2D eigenvalue weighted by Crippen LogP contribution is 2.52. The van der Waals surface area contributed by atoms with Crippen molar-refractivity contribution in [3.63, 3.8) is 0 Å². The van der Waals surface area contributed by atoms with E-state index >= 15 is 0 Å². The van der Waals surface area contributed by atoms with E-state index in [4.69, 9.17) is 4.42 Å². The summed E-state index contributed by atoms with van der Waals surface area (Å²) in [6, 6.07) is 65.6. The van der Waals surface area contributed by atoms with E-state index in [1.54, 1.807) is 0 Å². The van der Waals surface area contributed by atoms with Crippen LogP contribution in [0.15, 0.2) is 187 Å². The molecule has 1 unspecified atom stereocenters. The summed E-state index contributed by atoms with van der Waals surface area (Å²) in [4.78, 5) is 0. The van der Waals surface area contributed by atoms with Crippen molar-refractivity contribution in [2.24, 2.45) is 5.92 Å². The van der Waals surface area contributed by atoms with E-state index in [1.165, 1.54) is 82.9 Å². The Morgan fingerprint density at radius 1 is 0.606 bits per heavy atom. The second-order valence-electron chi connectivity index (χ2n) is 20.1. The number of aryl methyl sites for hydroxylation is 1. The second-order valence-corrected chi connectivity index (χ2v) is 25.1. The molecule has 0 bridgehead atoms.